The number of hydrogen-bond donors (Lipinski definition) is 1. The Morgan fingerprint density at radius 1 is 1.33 bits per heavy atom. The monoisotopic (exact) mass is 306 g/mol. The minimum atomic E-state index is 0. The smallest absolute Gasteiger partial charge is 0.257 e. The maximum absolute atomic E-state index is 12.3. The predicted octanol–water partition coefficient (Wildman–Crippen LogP) is 1.53. The van der Waals surface area contributed by atoms with Crippen molar-refractivity contribution in [1.82, 2.24) is 14.7 Å². The summed E-state index contributed by atoms with van der Waals surface area (Å²) in [4.78, 5) is 14.1. The molecule has 112 valence electrons. The summed E-state index contributed by atoms with van der Waals surface area (Å²) in [6.07, 6.45) is 4.32. The van der Waals surface area contributed by atoms with Gasteiger partial charge >= 0.3 is 0 Å². The third-order valence-corrected chi connectivity index (χ3v) is 3.58. The summed E-state index contributed by atoms with van der Waals surface area (Å²) in [7, 11) is 0. The van der Waals surface area contributed by atoms with Gasteiger partial charge < -0.3 is 10.6 Å². The topological polar surface area (TPSA) is 64.2 Å². The molecular weight excluding hydrogens is 288 g/mol. The Kier molecular flexibility index (Phi) is 4.98. The van der Waals surface area contributed by atoms with Crippen molar-refractivity contribution in [2.75, 3.05) is 13.1 Å². The summed E-state index contributed by atoms with van der Waals surface area (Å²) in [5.74, 6) is 0.0252. The maximum Gasteiger partial charge on any atom is 0.257 e. The number of likely N-dealkylation sites (tertiary alicyclic amines) is 1. The molecule has 5 nitrogen and oxygen atoms in total. The number of nitrogens with zero attached hydrogens (tertiary/aromatic N) is 3. The second kappa shape index (κ2) is 6.74. The van der Waals surface area contributed by atoms with Gasteiger partial charge in [-0.25, -0.2) is 0 Å². The second-order valence-corrected chi connectivity index (χ2v) is 5.21. The van der Waals surface area contributed by atoms with Gasteiger partial charge in [0.25, 0.3) is 5.91 Å². The first-order chi connectivity index (χ1) is 9.72. The molecule has 1 atom stereocenters. The van der Waals surface area contributed by atoms with E-state index >= 15 is 0 Å². The molecule has 1 aliphatic rings. The highest BCUT2D eigenvalue weighted by molar-refractivity contribution is 5.93. The summed E-state index contributed by atoms with van der Waals surface area (Å²) in [5.41, 5.74) is 7.63. The molecule has 21 heavy (non-hydrogen) atoms. The molecule has 1 aromatic carbocycles. The van der Waals surface area contributed by atoms with Gasteiger partial charge in [-0.2, -0.15) is 5.10 Å². The molecule has 0 aliphatic carbocycles. The van der Waals surface area contributed by atoms with Crippen molar-refractivity contribution in [2.24, 2.45) is 5.73 Å². The first-order valence-corrected chi connectivity index (χ1v) is 6.83. The van der Waals surface area contributed by atoms with Crippen LogP contribution in [0.15, 0.2) is 42.7 Å². The van der Waals surface area contributed by atoms with E-state index in [1.165, 1.54) is 0 Å². The molecular formula is C15H19ClN4O. The van der Waals surface area contributed by atoms with E-state index in [1.807, 2.05) is 30.3 Å². The van der Waals surface area contributed by atoms with Gasteiger partial charge in [-0.15, -0.1) is 12.4 Å². The summed E-state index contributed by atoms with van der Waals surface area (Å²) < 4.78 is 1.79. The predicted molar refractivity (Wildman–Crippen MR) is 83.5 cm³/mol. The van der Waals surface area contributed by atoms with Crippen LogP contribution < -0.4 is 5.73 Å². The van der Waals surface area contributed by atoms with Gasteiger partial charge in [-0.05, 0) is 12.0 Å². The van der Waals surface area contributed by atoms with E-state index in [4.69, 9.17) is 5.73 Å². The highest BCUT2D eigenvalue weighted by Gasteiger charge is 2.25. The Labute approximate surface area is 130 Å². The Bertz CT molecular complexity index is 599. The Morgan fingerprint density at radius 2 is 2.10 bits per heavy atom. The lowest BCUT2D eigenvalue weighted by Gasteiger charge is -2.14. The number of halogens is 1. The average molecular weight is 307 g/mol. The van der Waals surface area contributed by atoms with Gasteiger partial charge in [-0.3, -0.25) is 9.48 Å². The zero-order valence-corrected chi connectivity index (χ0v) is 12.5. The van der Waals surface area contributed by atoms with Gasteiger partial charge in [0, 0.05) is 25.3 Å². The maximum atomic E-state index is 12.3. The second-order valence-electron chi connectivity index (χ2n) is 5.21. The van der Waals surface area contributed by atoms with Crippen molar-refractivity contribution in [3.05, 3.63) is 53.9 Å². The number of carbonyl (C=O) groups is 1. The minimum absolute atomic E-state index is 0. The van der Waals surface area contributed by atoms with Crippen LogP contribution in [-0.4, -0.2) is 39.7 Å². The van der Waals surface area contributed by atoms with Crippen LogP contribution >= 0.6 is 12.4 Å². The highest BCUT2D eigenvalue weighted by Crippen LogP contribution is 2.12. The third-order valence-electron chi connectivity index (χ3n) is 3.58. The first kappa shape index (κ1) is 15.5. The fourth-order valence-electron chi connectivity index (χ4n) is 2.49. The summed E-state index contributed by atoms with van der Waals surface area (Å²) in [5, 5.41) is 4.26. The van der Waals surface area contributed by atoms with Gasteiger partial charge in [-0.1, -0.05) is 30.3 Å². The Balaban J connectivity index is 0.00000161. The van der Waals surface area contributed by atoms with Crippen molar-refractivity contribution in [3.8, 4) is 0 Å². The minimum Gasteiger partial charge on any atom is -0.337 e. The number of aromatic nitrogens is 2. The van der Waals surface area contributed by atoms with Crippen molar-refractivity contribution >= 4 is 18.3 Å². The Morgan fingerprint density at radius 3 is 2.76 bits per heavy atom. The lowest BCUT2D eigenvalue weighted by atomic mass is 10.2. The molecule has 6 heteroatoms. The summed E-state index contributed by atoms with van der Waals surface area (Å²) in [6.45, 7) is 2.06. The largest absolute Gasteiger partial charge is 0.337 e. The zero-order chi connectivity index (χ0) is 13.9. The molecule has 0 bridgehead atoms. The van der Waals surface area contributed by atoms with E-state index in [9.17, 15) is 4.79 Å². The number of nitrogens with two attached hydrogens (primary N) is 1. The van der Waals surface area contributed by atoms with Gasteiger partial charge in [0.2, 0.25) is 0 Å². The highest BCUT2D eigenvalue weighted by atomic mass is 35.5. The molecule has 0 radical (unpaired) electrons. The van der Waals surface area contributed by atoms with E-state index < -0.39 is 0 Å². The van der Waals surface area contributed by atoms with Crippen LogP contribution in [0.5, 0.6) is 0 Å². The molecule has 0 saturated carbocycles. The van der Waals surface area contributed by atoms with E-state index in [1.54, 1.807) is 22.0 Å². The number of hydrogen-bond acceptors (Lipinski definition) is 3. The third kappa shape index (κ3) is 3.62. The summed E-state index contributed by atoms with van der Waals surface area (Å²) >= 11 is 0. The van der Waals surface area contributed by atoms with Crippen LogP contribution in [0.25, 0.3) is 0 Å². The molecule has 1 amide bonds. The van der Waals surface area contributed by atoms with Crippen LogP contribution in [0.4, 0.5) is 0 Å². The molecule has 2 aromatic rings. The van der Waals surface area contributed by atoms with Crippen LogP contribution in [0.3, 0.4) is 0 Å². The average Bonchev–Trinajstić information content (AvgIpc) is 3.08. The van der Waals surface area contributed by atoms with Crippen LogP contribution in [0, 0.1) is 0 Å². The van der Waals surface area contributed by atoms with Gasteiger partial charge in [0.15, 0.2) is 0 Å². The quantitative estimate of drug-likeness (QED) is 0.935. The van der Waals surface area contributed by atoms with E-state index in [2.05, 4.69) is 5.10 Å². The molecule has 1 saturated heterocycles. The van der Waals surface area contributed by atoms with Crippen molar-refractivity contribution in [1.29, 1.82) is 0 Å². The van der Waals surface area contributed by atoms with Crippen LogP contribution in [0.2, 0.25) is 0 Å². The van der Waals surface area contributed by atoms with Gasteiger partial charge in [0.1, 0.15) is 0 Å². The number of benzene rings is 1. The SMILES string of the molecule is Cl.N[C@@H]1CCN(C(=O)c2cnn(Cc3ccccc3)c2)C1. The normalized spacial score (nSPS) is 17.6. The molecule has 2 heterocycles. The zero-order valence-electron chi connectivity index (χ0n) is 11.7. The molecule has 0 unspecified atom stereocenters. The van der Waals surface area contributed by atoms with E-state index in [0.717, 1.165) is 18.5 Å². The van der Waals surface area contributed by atoms with E-state index in [-0.39, 0.29) is 24.4 Å². The van der Waals surface area contributed by atoms with Gasteiger partial charge in [0.05, 0.1) is 18.3 Å². The molecule has 2 N–H and O–H groups in total. The fraction of sp³-hybridized carbons (Fsp3) is 0.333. The van der Waals surface area contributed by atoms with E-state index in [0.29, 0.717) is 18.7 Å². The number of amides is 1. The number of rotatable bonds is 3. The van der Waals surface area contributed by atoms with Crippen molar-refractivity contribution < 1.29 is 4.79 Å². The van der Waals surface area contributed by atoms with Crippen molar-refractivity contribution in [3.63, 3.8) is 0 Å². The van der Waals surface area contributed by atoms with Crippen molar-refractivity contribution in [2.45, 2.75) is 19.0 Å². The molecule has 1 aliphatic heterocycles. The Hall–Kier alpha value is -1.85. The standard InChI is InChI=1S/C15H18N4O.ClH/c16-14-6-7-18(11-14)15(20)13-8-17-19(10-13)9-12-4-2-1-3-5-12;/h1-5,8,10,14H,6-7,9,11,16H2;1H/t14-;/m1./s1. The lowest BCUT2D eigenvalue weighted by molar-refractivity contribution is 0.0791. The lowest BCUT2D eigenvalue weighted by Crippen LogP contribution is -2.31. The number of carbonyl (C=O) groups excluding carboxylic acids is 1. The first-order valence-electron chi connectivity index (χ1n) is 6.83. The van der Waals surface area contributed by atoms with Crippen LogP contribution in [-0.2, 0) is 6.54 Å². The molecule has 3 rings (SSSR count). The molecule has 0 spiro atoms. The molecule has 1 fully saturated rings. The fourth-order valence-corrected chi connectivity index (χ4v) is 2.49. The molecule has 1 aromatic heterocycles. The van der Waals surface area contributed by atoms with Crippen LogP contribution in [0.1, 0.15) is 22.3 Å². The summed E-state index contributed by atoms with van der Waals surface area (Å²) in [6, 6.07) is 10.2.